The fourth-order valence-electron chi connectivity index (χ4n) is 1.46. The van der Waals surface area contributed by atoms with Crippen LogP contribution in [0.5, 0.6) is 0 Å². The zero-order valence-corrected chi connectivity index (χ0v) is 8.99. The Morgan fingerprint density at radius 1 is 1.27 bits per heavy atom. The van der Waals surface area contributed by atoms with Crippen LogP contribution in [0.3, 0.4) is 0 Å². The van der Waals surface area contributed by atoms with Crippen LogP contribution in [0.2, 0.25) is 0 Å². The first-order valence-electron chi connectivity index (χ1n) is 5.12. The van der Waals surface area contributed by atoms with Crippen LogP contribution >= 0.6 is 0 Å². The van der Waals surface area contributed by atoms with Gasteiger partial charge >= 0.3 is 0 Å². The summed E-state index contributed by atoms with van der Waals surface area (Å²) >= 11 is 0. The summed E-state index contributed by atoms with van der Waals surface area (Å²) in [5.74, 6) is 1.46. The smallest absolute Gasteiger partial charge is 0.125 e. The second kappa shape index (κ2) is 4.17. The number of nitrogens with one attached hydrogen (secondary N) is 2. The summed E-state index contributed by atoms with van der Waals surface area (Å²) in [7, 11) is 0. The molecule has 78 valence electrons. The van der Waals surface area contributed by atoms with Crippen LogP contribution in [0.25, 0.3) is 0 Å². The number of hydrogen-bond donors (Lipinski definition) is 2. The molecule has 0 fully saturated rings. The molecular weight excluding hydrogens is 186 g/mol. The maximum absolute atomic E-state index is 3.89. The topological polar surface area (TPSA) is 40.7 Å². The van der Waals surface area contributed by atoms with E-state index in [0.29, 0.717) is 5.92 Å². The first-order valence-corrected chi connectivity index (χ1v) is 5.12. The molecule has 0 unspecified atom stereocenters. The molecule has 0 atom stereocenters. The van der Waals surface area contributed by atoms with Gasteiger partial charge < -0.3 is 5.32 Å². The van der Waals surface area contributed by atoms with Crippen molar-refractivity contribution >= 4 is 11.5 Å². The van der Waals surface area contributed by atoms with Gasteiger partial charge in [0.15, 0.2) is 0 Å². The number of anilines is 2. The molecule has 3 heteroatoms. The van der Waals surface area contributed by atoms with Crippen molar-refractivity contribution in [2.24, 2.45) is 0 Å². The van der Waals surface area contributed by atoms with E-state index in [1.165, 1.54) is 5.56 Å². The van der Waals surface area contributed by atoms with E-state index in [4.69, 9.17) is 0 Å². The van der Waals surface area contributed by atoms with Crippen molar-refractivity contribution < 1.29 is 0 Å². The summed E-state index contributed by atoms with van der Waals surface area (Å²) in [5, 5.41) is 10.0. The first kappa shape index (κ1) is 9.77. The molecule has 0 bridgehead atoms. The van der Waals surface area contributed by atoms with Gasteiger partial charge in [-0.05, 0) is 23.6 Å². The quantitative estimate of drug-likeness (QED) is 0.800. The van der Waals surface area contributed by atoms with Crippen LogP contribution in [-0.4, -0.2) is 10.2 Å². The number of hydrogen-bond acceptors (Lipinski definition) is 2. The molecular formula is C12H15N3. The predicted molar refractivity (Wildman–Crippen MR) is 62.4 cm³/mol. The van der Waals surface area contributed by atoms with E-state index in [0.717, 1.165) is 11.5 Å². The lowest BCUT2D eigenvalue weighted by Crippen LogP contribution is -1.93. The minimum atomic E-state index is 0.550. The number of benzene rings is 1. The number of H-pyrrole nitrogens is 1. The van der Waals surface area contributed by atoms with Crippen LogP contribution in [-0.2, 0) is 0 Å². The summed E-state index contributed by atoms with van der Waals surface area (Å²) < 4.78 is 0. The number of nitrogens with zero attached hydrogens (tertiary/aromatic N) is 1. The fourth-order valence-corrected chi connectivity index (χ4v) is 1.46. The van der Waals surface area contributed by atoms with Gasteiger partial charge in [0.05, 0.1) is 6.20 Å². The Bertz CT molecular complexity index is 418. The third-order valence-corrected chi connectivity index (χ3v) is 2.33. The lowest BCUT2D eigenvalue weighted by molar-refractivity contribution is 0.867. The van der Waals surface area contributed by atoms with Crippen LogP contribution in [0, 0.1) is 0 Å². The van der Waals surface area contributed by atoms with Gasteiger partial charge in [-0.3, -0.25) is 5.10 Å². The van der Waals surface area contributed by atoms with Crippen LogP contribution < -0.4 is 5.32 Å². The van der Waals surface area contributed by atoms with Crippen molar-refractivity contribution in [3.63, 3.8) is 0 Å². The Labute approximate surface area is 89.5 Å². The average Bonchev–Trinajstić information content (AvgIpc) is 2.71. The second-order valence-corrected chi connectivity index (χ2v) is 3.88. The summed E-state index contributed by atoms with van der Waals surface area (Å²) in [5.41, 5.74) is 2.42. The largest absolute Gasteiger partial charge is 0.341 e. The zero-order valence-electron chi connectivity index (χ0n) is 8.99. The highest BCUT2D eigenvalue weighted by Crippen LogP contribution is 2.20. The van der Waals surface area contributed by atoms with Crippen LogP contribution in [0.1, 0.15) is 25.3 Å². The van der Waals surface area contributed by atoms with Crippen molar-refractivity contribution in [1.82, 2.24) is 10.2 Å². The maximum atomic E-state index is 3.89. The minimum Gasteiger partial charge on any atom is -0.341 e. The summed E-state index contributed by atoms with van der Waals surface area (Å²) in [6, 6.07) is 10.3. The summed E-state index contributed by atoms with van der Waals surface area (Å²) in [4.78, 5) is 0. The zero-order chi connectivity index (χ0) is 10.7. The lowest BCUT2D eigenvalue weighted by atomic mass is 10.0. The lowest BCUT2D eigenvalue weighted by Gasteiger charge is -2.08. The van der Waals surface area contributed by atoms with Gasteiger partial charge in [-0.25, -0.2) is 0 Å². The van der Waals surface area contributed by atoms with Crippen molar-refractivity contribution in [3.8, 4) is 0 Å². The van der Waals surface area contributed by atoms with Gasteiger partial charge in [0.1, 0.15) is 5.82 Å². The molecule has 0 aliphatic heterocycles. The highest BCUT2D eigenvalue weighted by atomic mass is 15.2. The molecule has 0 amide bonds. The van der Waals surface area contributed by atoms with E-state index >= 15 is 0 Å². The van der Waals surface area contributed by atoms with E-state index in [1.807, 2.05) is 12.1 Å². The van der Waals surface area contributed by atoms with E-state index in [9.17, 15) is 0 Å². The first-order chi connectivity index (χ1) is 7.25. The molecule has 2 rings (SSSR count). The van der Waals surface area contributed by atoms with Gasteiger partial charge in [0.25, 0.3) is 0 Å². The Morgan fingerprint density at radius 3 is 2.80 bits per heavy atom. The summed E-state index contributed by atoms with van der Waals surface area (Å²) in [6.07, 6.45) is 1.73. The molecule has 1 heterocycles. The highest BCUT2D eigenvalue weighted by molar-refractivity contribution is 5.56. The number of rotatable bonds is 3. The third-order valence-electron chi connectivity index (χ3n) is 2.33. The third kappa shape index (κ3) is 2.37. The molecule has 0 saturated heterocycles. The van der Waals surface area contributed by atoms with E-state index in [2.05, 4.69) is 47.6 Å². The van der Waals surface area contributed by atoms with Gasteiger partial charge in [0.2, 0.25) is 0 Å². The van der Waals surface area contributed by atoms with Gasteiger partial charge in [-0.1, -0.05) is 26.0 Å². The molecule has 0 aliphatic rings. The summed E-state index contributed by atoms with van der Waals surface area (Å²) in [6.45, 7) is 4.38. The molecule has 3 nitrogen and oxygen atoms in total. The standard InChI is InChI=1S/C12H15N3/c1-9(2)10-4-3-5-11(8-10)14-12-6-7-13-15-12/h3-9H,1-2H3,(H2,13,14,15). The highest BCUT2D eigenvalue weighted by Gasteiger charge is 2.00. The Morgan fingerprint density at radius 2 is 2.13 bits per heavy atom. The SMILES string of the molecule is CC(C)c1cccc(Nc2ccn[nH]2)c1. The van der Waals surface area contributed by atoms with Crippen LogP contribution in [0.4, 0.5) is 11.5 Å². The molecule has 1 aromatic carbocycles. The molecule has 0 spiro atoms. The normalized spacial score (nSPS) is 10.6. The van der Waals surface area contributed by atoms with Crippen molar-refractivity contribution in [3.05, 3.63) is 42.1 Å². The number of aromatic amines is 1. The Kier molecular flexibility index (Phi) is 2.72. The number of aromatic nitrogens is 2. The average molecular weight is 201 g/mol. The molecule has 0 radical (unpaired) electrons. The van der Waals surface area contributed by atoms with Crippen molar-refractivity contribution in [2.75, 3.05) is 5.32 Å². The maximum Gasteiger partial charge on any atom is 0.125 e. The van der Waals surface area contributed by atoms with Crippen molar-refractivity contribution in [1.29, 1.82) is 0 Å². The molecule has 15 heavy (non-hydrogen) atoms. The van der Waals surface area contributed by atoms with Gasteiger partial charge in [-0.2, -0.15) is 5.10 Å². The Hall–Kier alpha value is -1.77. The fraction of sp³-hybridized carbons (Fsp3) is 0.250. The van der Waals surface area contributed by atoms with Gasteiger partial charge in [-0.15, -0.1) is 0 Å². The van der Waals surface area contributed by atoms with Crippen molar-refractivity contribution in [2.45, 2.75) is 19.8 Å². The molecule has 2 aromatic rings. The van der Waals surface area contributed by atoms with E-state index < -0.39 is 0 Å². The van der Waals surface area contributed by atoms with Gasteiger partial charge in [0, 0.05) is 11.8 Å². The molecule has 1 aromatic heterocycles. The molecule has 0 aliphatic carbocycles. The van der Waals surface area contributed by atoms with Crippen LogP contribution in [0.15, 0.2) is 36.5 Å². The minimum absolute atomic E-state index is 0.550. The monoisotopic (exact) mass is 201 g/mol. The second-order valence-electron chi connectivity index (χ2n) is 3.88. The van der Waals surface area contributed by atoms with E-state index in [-0.39, 0.29) is 0 Å². The van der Waals surface area contributed by atoms with E-state index in [1.54, 1.807) is 6.20 Å². The Balaban J connectivity index is 2.18. The predicted octanol–water partition coefficient (Wildman–Crippen LogP) is 3.28. The molecule has 2 N–H and O–H groups in total. The molecule has 0 saturated carbocycles.